The van der Waals surface area contributed by atoms with Gasteiger partial charge in [0, 0.05) is 37.8 Å². The summed E-state index contributed by atoms with van der Waals surface area (Å²) >= 11 is 0. The summed E-state index contributed by atoms with van der Waals surface area (Å²) in [6.07, 6.45) is 0.993. The zero-order valence-electron chi connectivity index (χ0n) is 11.0. The summed E-state index contributed by atoms with van der Waals surface area (Å²) in [4.78, 5) is 13.4. The van der Waals surface area contributed by atoms with Gasteiger partial charge in [0.1, 0.15) is 0 Å². The highest BCUT2D eigenvalue weighted by molar-refractivity contribution is 5.73. The molecule has 1 amide bonds. The van der Waals surface area contributed by atoms with Gasteiger partial charge in [-0.15, -0.1) is 0 Å². The Labute approximate surface area is 108 Å². The van der Waals surface area contributed by atoms with Crippen molar-refractivity contribution in [3.05, 3.63) is 29.8 Å². The van der Waals surface area contributed by atoms with E-state index in [1.54, 1.807) is 6.92 Å². The van der Waals surface area contributed by atoms with E-state index in [9.17, 15) is 4.79 Å². The van der Waals surface area contributed by atoms with Crippen molar-refractivity contribution in [3.63, 3.8) is 0 Å². The average molecular weight is 247 g/mol. The van der Waals surface area contributed by atoms with Crippen LogP contribution in [-0.4, -0.2) is 25.0 Å². The van der Waals surface area contributed by atoms with E-state index >= 15 is 0 Å². The third kappa shape index (κ3) is 2.82. The van der Waals surface area contributed by atoms with E-state index in [1.165, 1.54) is 11.3 Å². The van der Waals surface area contributed by atoms with Gasteiger partial charge in [0.25, 0.3) is 0 Å². The van der Waals surface area contributed by atoms with E-state index in [-0.39, 0.29) is 18.0 Å². The Hall–Kier alpha value is -1.55. The Morgan fingerprint density at radius 2 is 2.22 bits per heavy atom. The highest BCUT2D eigenvalue weighted by Gasteiger charge is 2.24. The first-order valence-electron chi connectivity index (χ1n) is 6.44. The first kappa shape index (κ1) is 12.9. The van der Waals surface area contributed by atoms with Gasteiger partial charge in [-0.1, -0.05) is 18.2 Å². The van der Waals surface area contributed by atoms with Gasteiger partial charge >= 0.3 is 0 Å². The molecule has 1 aliphatic rings. The number of rotatable bonds is 3. The van der Waals surface area contributed by atoms with Crippen molar-refractivity contribution in [3.8, 4) is 0 Å². The molecule has 1 unspecified atom stereocenters. The monoisotopic (exact) mass is 247 g/mol. The number of amides is 1. The lowest BCUT2D eigenvalue weighted by Crippen LogP contribution is -2.35. The van der Waals surface area contributed by atoms with Crippen LogP contribution in [0.15, 0.2) is 24.3 Å². The number of hydrogen-bond acceptors (Lipinski definition) is 3. The molecule has 4 nitrogen and oxygen atoms in total. The molecule has 3 N–H and O–H groups in total. The van der Waals surface area contributed by atoms with Crippen LogP contribution in [0.5, 0.6) is 0 Å². The molecule has 0 aromatic heterocycles. The molecule has 98 valence electrons. The molecule has 1 aromatic rings. The minimum absolute atomic E-state index is 0.0287. The van der Waals surface area contributed by atoms with Crippen LogP contribution < -0.4 is 16.0 Å². The van der Waals surface area contributed by atoms with Crippen LogP contribution in [0.25, 0.3) is 0 Å². The van der Waals surface area contributed by atoms with E-state index in [0.29, 0.717) is 0 Å². The molecule has 2 atom stereocenters. The summed E-state index contributed by atoms with van der Waals surface area (Å²) in [6.45, 7) is 5.40. The summed E-state index contributed by atoms with van der Waals surface area (Å²) in [7, 11) is 0. The van der Waals surface area contributed by atoms with Crippen LogP contribution in [0.1, 0.15) is 31.9 Å². The summed E-state index contributed by atoms with van der Waals surface area (Å²) < 4.78 is 0. The number of benzene rings is 1. The van der Waals surface area contributed by atoms with E-state index in [4.69, 9.17) is 5.73 Å². The molecular weight excluding hydrogens is 226 g/mol. The van der Waals surface area contributed by atoms with Crippen molar-refractivity contribution in [2.24, 2.45) is 5.73 Å². The van der Waals surface area contributed by atoms with Crippen molar-refractivity contribution >= 4 is 11.6 Å². The molecule has 1 fully saturated rings. The van der Waals surface area contributed by atoms with E-state index in [2.05, 4.69) is 22.3 Å². The lowest BCUT2D eigenvalue weighted by molar-refractivity contribution is -0.119. The van der Waals surface area contributed by atoms with Crippen molar-refractivity contribution in [2.45, 2.75) is 32.4 Å². The number of anilines is 1. The van der Waals surface area contributed by atoms with Crippen molar-refractivity contribution in [2.75, 3.05) is 18.0 Å². The maximum atomic E-state index is 11.1. The maximum Gasteiger partial charge on any atom is 0.217 e. The van der Waals surface area contributed by atoms with Crippen molar-refractivity contribution in [1.82, 2.24) is 5.32 Å². The standard InChI is InChI=1S/C14H21N3O/c1-10(15)13-5-3-4-6-14(13)17-8-7-12(9-17)16-11(2)18/h3-6,10,12H,7-9,15H2,1-2H3,(H,16,18)/t10-,12?/m1/s1. The zero-order valence-corrected chi connectivity index (χ0v) is 11.0. The Morgan fingerprint density at radius 1 is 1.50 bits per heavy atom. The quantitative estimate of drug-likeness (QED) is 0.849. The van der Waals surface area contributed by atoms with Crippen molar-refractivity contribution in [1.29, 1.82) is 0 Å². The Bertz CT molecular complexity index is 431. The number of carbonyl (C=O) groups excluding carboxylic acids is 1. The Kier molecular flexibility index (Phi) is 3.87. The molecule has 1 aromatic carbocycles. The molecule has 0 radical (unpaired) electrons. The molecule has 0 bridgehead atoms. The molecule has 1 aliphatic heterocycles. The third-order valence-electron chi connectivity index (χ3n) is 3.36. The fourth-order valence-corrected chi connectivity index (χ4v) is 2.54. The van der Waals surface area contributed by atoms with Crippen molar-refractivity contribution < 1.29 is 4.79 Å². The molecule has 18 heavy (non-hydrogen) atoms. The summed E-state index contributed by atoms with van der Waals surface area (Å²) in [6, 6.07) is 8.52. The van der Waals surface area contributed by atoms with Gasteiger partial charge in [-0.3, -0.25) is 4.79 Å². The first-order valence-corrected chi connectivity index (χ1v) is 6.44. The highest BCUT2D eigenvalue weighted by atomic mass is 16.1. The molecule has 0 aliphatic carbocycles. The van der Waals surface area contributed by atoms with Gasteiger partial charge in [0.2, 0.25) is 5.91 Å². The number of nitrogens with zero attached hydrogens (tertiary/aromatic N) is 1. The van der Waals surface area contributed by atoms with Gasteiger partial charge < -0.3 is 16.0 Å². The topological polar surface area (TPSA) is 58.4 Å². The number of nitrogens with two attached hydrogens (primary N) is 1. The first-order chi connectivity index (χ1) is 8.58. The molecule has 4 heteroatoms. The largest absolute Gasteiger partial charge is 0.369 e. The van der Waals surface area contributed by atoms with E-state index in [1.807, 2.05) is 19.1 Å². The second-order valence-corrected chi connectivity index (χ2v) is 4.98. The van der Waals surface area contributed by atoms with Crippen LogP contribution in [-0.2, 0) is 4.79 Å². The summed E-state index contributed by atoms with van der Waals surface area (Å²) in [5.74, 6) is 0.0438. The molecule has 2 rings (SSSR count). The van der Waals surface area contributed by atoms with Gasteiger partial charge in [0.15, 0.2) is 0 Å². The van der Waals surface area contributed by atoms with Gasteiger partial charge in [-0.25, -0.2) is 0 Å². The second kappa shape index (κ2) is 5.40. The molecular formula is C14H21N3O. The number of carbonyl (C=O) groups is 1. The van der Waals surface area contributed by atoms with E-state index < -0.39 is 0 Å². The number of hydrogen-bond donors (Lipinski definition) is 2. The lowest BCUT2D eigenvalue weighted by Gasteiger charge is -2.23. The second-order valence-electron chi connectivity index (χ2n) is 4.98. The lowest BCUT2D eigenvalue weighted by atomic mass is 10.1. The predicted molar refractivity (Wildman–Crippen MR) is 73.5 cm³/mol. The smallest absolute Gasteiger partial charge is 0.217 e. The zero-order chi connectivity index (χ0) is 13.1. The fourth-order valence-electron chi connectivity index (χ4n) is 2.54. The van der Waals surface area contributed by atoms with Crippen LogP contribution in [0.2, 0.25) is 0 Å². The average Bonchev–Trinajstić information content (AvgIpc) is 2.76. The van der Waals surface area contributed by atoms with Gasteiger partial charge in [-0.05, 0) is 25.0 Å². The summed E-state index contributed by atoms with van der Waals surface area (Å²) in [5, 5.41) is 2.98. The van der Waals surface area contributed by atoms with Gasteiger partial charge in [-0.2, -0.15) is 0 Å². The fraction of sp³-hybridized carbons (Fsp3) is 0.500. The predicted octanol–water partition coefficient (Wildman–Crippen LogP) is 1.42. The molecule has 1 saturated heterocycles. The minimum atomic E-state index is 0.0287. The SMILES string of the molecule is CC(=O)NC1CCN(c2ccccc2[C@@H](C)N)C1. The number of para-hydroxylation sites is 1. The maximum absolute atomic E-state index is 11.1. The normalized spacial score (nSPS) is 20.8. The third-order valence-corrected chi connectivity index (χ3v) is 3.36. The summed E-state index contributed by atoms with van der Waals surface area (Å²) in [5.41, 5.74) is 8.36. The van der Waals surface area contributed by atoms with E-state index in [0.717, 1.165) is 19.5 Å². The van der Waals surface area contributed by atoms with Gasteiger partial charge in [0.05, 0.1) is 0 Å². The Balaban J connectivity index is 2.12. The highest BCUT2D eigenvalue weighted by Crippen LogP contribution is 2.27. The Morgan fingerprint density at radius 3 is 2.89 bits per heavy atom. The number of nitrogens with one attached hydrogen (secondary N) is 1. The molecule has 1 heterocycles. The van der Waals surface area contributed by atoms with Crippen LogP contribution in [0.4, 0.5) is 5.69 Å². The molecule has 0 spiro atoms. The minimum Gasteiger partial charge on any atom is -0.369 e. The molecule has 0 saturated carbocycles. The van der Waals surface area contributed by atoms with Crippen LogP contribution in [0, 0.1) is 0 Å². The van der Waals surface area contributed by atoms with Crippen LogP contribution >= 0.6 is 0 Å². The van der Waals surface area contributed by atoms with Crippen LogP contribution in [0.3, 0.4) is 0 Å².